The van der Waals surface area contributed by atoms with E-state index in [1.165, 1.54) is 19.3 Å². The van der Waals surface area contributed by atoms with Crippen molar-refractivity contribution < 1.29 is 5.11 Å². The molecule has 1 rings (SSSR count). The van der Waals surface area contributed by atoms with Crippen LogP contribution in [0.4, 0.5) is 0 Å². The standard InChI is InChI=1S/C12H24O/c1-9-5-6-10(2)11(7-9)8-12(3,4)13/h9-11,13H,5-8H2,1-4H3. The largest absolute Gasteiger partial charge is 0.390 e. The first kappa shape index (κ1) is 11.0. The molecule has 0 spiro atoms. The van der Waals surface area contributed by atoms with Crippen LogP contribution < -0.4 is 0 Å². The molecule has 1 saturated carbocycles. The van der Waals surface area contributed by atoms with Crippen LogP contribution >= 0.6 is 0 Å². The summed E-state index contributed by atoms with van der Waals surface area (Å²) in [6.07, 6.45) is 5.01. The van der Waals surface area contributed by atoms with Crippen molar-refractivity contribution in [3.8, 4) is 0 Å². The van der Waals surface area contributed by atoms with Crippen LogP contribution in [0.15, 0.2) is 0 Å². The van der Waals surface area contributed by atoms with Crippen molar-refractivity contribution >= 4 is 0 Å². The van der Waals surface area contributed by atoms with E-state index in [0.717, 1.165) is 24.2 Å². The maximum atomic E-state index is 9.77. The van der Waals surface area contributed by atoms with Gasteiger partial charge in [-0.05, 0) is 44.4 Å². The second-order valence-electron chi connectivity index (χ2n) is 5.67. The van der Waals surface area contributed by atoms with Gasteiger partial charge in [-0.15, -0.1) is 0 Å². The molecule has 1 aliphatic rings. The fraction of sp³-hybridized carbons (Fsp3) is 1.00. The Balaban J connectivity index is 2.47. The highest BCUT2D eigenvalue weighted by Crippen LogP contribution is 2.37. The molecule has 0 aromatic heterocycles. The SMILES string of the molecule is CC1CCC(C)C(CC(C)(C)O)C1. The molecule has 1 heteroatoms. The molecule has 0 radical (unpaired) electrons. The first-order chi connectivity index (χ1) is 5.88. The van der Waals surface area contributed by atoms with Crippen LogP contribution in [0, 0.1) is 17.8 Å². The minimum atomic E-state index is -0.476. The highest BCUT2D eigenvalue weighted by Gasteiger charge is 2.29. The van der Waals surface area contributed by atoms with E-state index in [-0.39, 0.29) is 0 Å². The average molecular weight is 184 g/mol. The summed E-state index contributed by atoms with van der Waals surface area (Å²) in [6.45, 7) is 8.53. The van der Waals surface area contributed by atoms with Crippen LogP contribution in [0.1, 0.15) is 53.4 Å². The van der Waals surface area contributed by atoms with Gasteiger partial charge in [-0.25, -0.2) is 0 Å². The summed E-state index contributed by atoms with van der Waals surface area (Å²) < 4.78 is 0. The molecule has 0 aliphatic heterocycles. The van der Waals surface area contributed by atoms with E-state index >= 15 is 0 Å². The Hall–Kier alpha value is -0.0400. The molecule has 0 aromatic rings. The van der Waals surface area contributed by atoms with Crippen molar-refractivity contribution in [2.24, 2.45) is 17.8 Å². The van der Waals surface area contributed by atoms with Gasteiger partial charge in [-0.2, -0.15) is 0 Å². The van der Waals surface area contributed by atoms with E-state index in [4.69, 9.17) is 0 Å². The summed E-state index contributed by atoms with van der Waals surface area (Å²) in [4.78, 5) is 0. The van der Waals surface area contributed by atoms with Crippen molar-refractivity contribution in [2.45, 2.75) is 59.0 Å². The van der Waals surface area contributed by atoms with E-state index in [9.17, 15) is 5.11 Å². The Labute approximate surface area is 82.5 Å². The lowest BCUT2D eigenvalue weighted by molar-refractivity contribution is 0.0279. The number of aliphatic hydroxyl groups is 1. The molecular formula is C12H24O. The topological polar surface area (TPSA) is 20.2 Å². The molecule has 1 aliphatic carbocycles. The van der Waals surface area contributed by atoms with Gasteiger partial charge in [0.15, 0.2) is 0 Å². The lowest BCUT2D eigenvalue weighted by atomic mass is 9.72. The maximum absolute atomic E-state index is 9.77. The van der Waals surface area contributed by atoms with E-state index in [1.807, 2.05) is 13.8 Å². The Kier molecular flexibility index (Phi) is 3.39. The highest BCUT2D eigenvalue weighted by atomic mass is 16.3. The van der Waals surface area contributed by atoms with Crippen LogP contribution in [0.25, 0.3) is 0 Å². The zero-order valence-electron chi connectivity index (χ0n) is 9.51. The fourth-order valence-corrected chi connectivity index (χ4v) is 2.58. The van der Waals surface area contributed by atoms with Gasteiger partial charge in [-0.1, -0.05) is 26.7 Å². The third kappa shape index (κ3) is 3.68. The van der Waals surface area contributed by atoms with Gasteiger partial charge in [0.25, 0.3) is 0 Å². The monoisotopic (exact) mass is 184 g/mol. The van der Waals surface area contributed by atoms with Crippen LogP contribution in [0.5, 0.6) is 0 Å². The van der Waals surface area contributed by atoms with E-state index in [1.54, 1.807) is 0 Å². The van der Waals surface area contributed by atoms with Crippen LogP contribution in [-0.4, -0.2) is 10.7 Å². The average Bonchev–Trinajstić information content (AvgIpc) is 1.94. The second-order valence-corrected chi connectivity index (χ2v) is 5.67. The molecule has 1 N–H and O–H groups in total. The van der Waals surface area contributed by atoms with E-state index in [0.29, 0.717) is 0 Å². The Morgan fingerprint density at radius 1 is 1.23 bits per heavy atom. The molecule has 0 heterocycles. The first-order valence-corrected chi connectivity index (χ1v) is 5.61. The van der Waals surface area contributed by atoms with Crippen molar-refractivity contribution in [3.05, 3.63) is 0 Å². The van der Waals surface area contributed by atoms with Gasteiger partial charge in [0.1, 0.15) is 0 Å². The Morgan fingerprint density at radius 2 is 1.85 bits per heavy atom. The summed E-state index contributed by atoms with van der Waals surface area (Å²) in [5.74, 6) is 2.41. The lowest BCUT2D eigenvalue weighted by Crippen LogP contribution is -2.30. The molecule has 3 atom stereocenters. The quantitative estimate of drug-likeness (QED) is 0.698. The molecule has 13 heavy (non-hydrogen) atoms. The molecule has 0 aromatic carbocycles. The third-order valence-electron chi connectivity index (χ3n) is 3.39. The molecule has 1 fully saturated rings. The molecule has 0 saturated heterocycles. The van der Waals surface area contributed by atoms with Gasteiger partial charge in [-0.3, -0.25) is 0 Å². The molecule has 78 valence electrons. The van der Waals surface area contributed by atoms with Gasteiger partial charge >= 0.3 is 0 Å². The summed E-state index contributed by atoms with van der Waals surface area (Å²) in [7, 11) is 0. The van der Waals surface area contributed by atoms with Crippen LogP contribution in [0.3, 0.4) is 0 Å². The van der Waals surface area contributed by atoms with Crippen molar-refractivity contribution in [3.63, 3.8) is 0 Å². The minimum Gasteiger partial charge on any atom is -0.390 e. The summed E-state index contributed by atoms with van der Waals surface area (Å²) >= 11 is 0. The molecule has 1 nitrogen and oxygen atoms in total. The summed E-state index contributed by atoms with van der Waals surface area (Å²) in [5.41, 5.74) is -0.476. The predicted octanol–water partition coefficient (Wildman–Crippen LogP) is 3.22. The smallest absolute Gasteiger partial charge is 0.0594 e. The number of rotatable bonds is 2. The zero-order chi connectivity index (χ0) is 10.1. The lowest BCUT2D eigenvalue weighted by Gasteiger charge is -2.36. The maximum Gasteiger partial charge on any atom is 0.0594 e. The van der Waals surface area contributed by atoms with Gasteiger partial charge in [0.2, 0.25) is 0 Å². The zero-order valence-corrected chi connectivity index (χ0v) is 9.51. The summed E-state index contributed by atoms with van der Waals surface area (Å²) in [5, 5.41) is 9.77. The number of hydrogen-bond donors (Lipinski definition) is 1. The molecule has 3 unspecified atom stereocenters. The Morgan fingerprint density at radius 3 is 2.38 bits per heavy atom. The predicted molar refractivity (Wildman–Crippen MR) is 56.6 cm³/mol. The van der Waals surface area contributed by atoms with Crippen LogP contribution in [-0.2, 0) is 0 Å². The van der Waals surface area contributed by atoms with E-state index < -0.39 is 5.60 Å². The van der Waals surface area contributed by atoms with Gasteiger partial charge in [0, 0.05) is 0 Å². The minimum absolute atomic E-state index is 0.476. The second kappa shape index (κ2) is 4.00. The van der Waals surface area contributed by atoms with Crippen molar-refractivity contribution in [1.29, 1.82) is 0 Å². The fourth-order valence-electron chi connectivity index (χ4n) is 2.58. The highest BCUT2D eigenvalue weighted by molar-refractivity contribution is 4.81. The normalized spacial score (nSPS) is 36.2. The van der Waals surface area contributed by atoms with Crippen molar-refractivity contribution in [2.75, 3.05) is 0 Å². The number of hydrogen-bond acceptors (Lipinski definition) is 1. The summed E-state index contributed by atoms with van der Waals surface area (Å²) in [6, 6.07) is 0. The third-order valence-corrected chi connectivity index (χ3v) is 3.39. The van der Waals surface area contributed by atoms with Gasteiger partial charge < -0.3 is 5.11 Å². The Bertz CT molecular complexity index is 157. The molecular weight excluding hydrogens is 160 g/mol. The van der Waals surface area contributed by atoms with Gasteiger partial charge in [0.05, 0.1) is 5.60 Å². The molecule has 0 bridgehead atoms. The van der Waals surface area contributed by atoms with Crippen molar-refractivity contribution in [1.82, 2.24) is 0 Å². The van der Waals surface area contributed by atoms with E-state index in [2.05, 4.69) is 13.8 Å². The molecule has 0 amide bonds. The first-order valence-electron chi connectivity index (χ1n) is 5.61. The van der Waals surface area contributed by atoms with Crippen LogP contribution in [0.2, 0.25) is 0 Å².